The zero-order valence-corrected chi connectivity index (χ0v) is 17.3. The van der Waals surface area contributed by atoms with Crippen molar-refractivity contribution in [2.75, 3.05) is 11.1 Å². The molecule has 1 aromatic heterocycles. The van der Waals surface area contributed by atoms with Crippen LogP contribution in [0.5, 0.6) is 5.75 Å². The van der Waals surface area contributed by atoms with Crippen molar-refractivity contribution in [1.82, 2.24) is 15.2 Å². The normalized spacial score (nSPS) is 10.7. The summed E-state index contributed by atoms with van der Waals surface area (Å²) in [6.45, 7) is 8.39. The Morgan fingerprint density at radius 3 is 2.54 bits per heavy atom. The zero-order valence-electron chi connectivity index (χ0n) is 16.5. The van der Waals surface area contributed by atoms with E-state index in [9.17, 15) is 4.79 Å². The minimum absolute atomic E-state index is 0.0913. The summed E-state index contributed by atoms with van der Waals surface area (Å²) in [4.78, 5) is 16.5. The number of thioether (sulfide) groups is 1. The van der Waals surface area contributed by atoms with Crippen molar-refractivity contribution in [2.45, 2.75) is 39.5 Å². The summed E-state index contributed by atoms with van der Waals surface area (Å²) in [6.07, 6.45) is 0. The molecule has 2 N–H and O–H groups in total. The van der Waals surface area contributed by atoms with Crippen molar-refractivity contribution >= 4 is 23.4 Å². The Balaban J connectivity index is 1.50. The van der Waals surface area contributed by atoms with E-state index in [0.29, 0.717) is 17.6 Å². The van der Waals surface area contributed by atoms with Crippen molar-refractivity contribution in [3.63, 3.8) is 0 Å². The van der Waals surface area contributed by atoms with Gasteiger partial charge in [0.25, 0.3) is 0 Å². The molecule has 0 bridgehead atoms. The number of aromatic amines is 1. The van der Waals surface area contributed by atoms with Crippen molar-refractivity contribution in [3.8, 4) is 5.75 Å². The molecule has 2 aromatic carbocycles. The first-order valence-corrected chi connectivity index (χ1v) is 10.0. The number of hydrogen-bond acceptors (Lipinski definition) is 5. The Bertz CT molecular complexity index is 964. The van der Waals surface area contributed by atoms with Gasteiger partial charge in [0.2, 0.25) is 11.1 Å². The van der Waals surface area contributed by atoms with Gasteiger partial charge in [-0.3, -0.25) is 9.89 Å². The molecule has 0 aliphatic rings. The second-order valence-electron chi connectivity index (χ2n) is 6.71. The van der Waals surface area contributed by atoms with Gasteiger partial charge in [-0.05, 0) is 62.1 Å². The Hall–Kier alpha value is -2.80. The lowest BCUT2D eigenvalue weighted by molar-refractivity contribution is -0.113. The third-order valence-corrected chi connectivity index (χ3v) is 5.24. The lowest BCUT2D eigenvalue weighted by Crippen LogP contribution is -2.14. The molecule has 3 rings (SSSR count). The van der Waals surface area contributed by atoms with Crippen LogP contribution in [0.4, 0.5) is 5.69 Å². The fourth-order valence-electron chi connectivity index (χ4n) is 2.72. The van der Waals surface area contributed by atoms with Gasteiger partial charge < -0.3 is 10.1 Å². The minimum atomic E-state index is -0.0913. The molecule has 146 valence electrons. The van der Waals surface area contributed by atoms with Crippen LogP contribution in [0.15, 0.2) is 41.6 Å². The summed E-state index contributed by atoms with van der Waals surface area (Å²) in [5, 5.41) is 10.4. The number of anilines is 1. The summed E-state index contributed by atoms with van der Waals surface area (Å²) in [5.74, 6) is 1.63. The van der Waals surface area contributed by atoms with E-state index in [1.54, 1.807) is 0 Å². The van der Waals surface area contributed by atoms with Crippen LogP contribution in [-0.4, -0.2) is 26.8 Å². The molecule has 0 saturated carbocycles. The van der Waals surface area contributed by atoms with Gasteiger partial charge in [0.05, 0.1) is 5.75 Å². The van der Waals surface area contributed by atoms with E-state index in [-0.39, 0.29) is 11.7 Å². The average molecular weight is 397 g/mol. The molecule has 1 amide bonds. The predicted molar refractivity (Wildman–Crippen MR) is 112 cm³/mol. The van der Waals surface area contributed by atoms with Crippen LogP contribution in [0.1, 0.15) is 28.1 Å². The molecule has 3 aromatic rings. The molecule has 0 aliphatic heterocycles. The number of carbonyl (C=O) groups excluding carboxylic acids is 1. The number of aromatic nitrogens is 3. The second kappa shape index (κ2) is 8.93. The van der Waals surface area contributed by atoms with E-state index in [2.05, 4.69) is 20.5 Å². The second-order valence-corrected chi connectivity index (χ2v) is 7.65. The molecule has 0 atom stereocenters. The lowest BCUT2D eigenvalue weighted by Gasteiger charge is -2.10. The van der Waals surface area contributed by atoms with E-state index >= 15 is 0 Å². The van der Waals surface area contributed by atoms with Crippen LogP contribution in [0, 0.1) is 27.7 Å². The number of nitrogens with zero attached hydrogens (tertiary/aromatic N) is 2. The van der Waals surface area contributed by atoms with E-state index in [1.165, 1.54) is 17.3 Å². The molecule has 28 heavy (non-hydrogen) atoms. The third-order valence-electron chi connectivity index (χ3n) is 4.40. The van der Waals surface area contributed by atoms with Crippen molar-refractivity contribution < 1.29 is 9.53 Å². The Kier molecular flexibility index (Phi) is 6.36. The number of H-pyrrole nitrogens is 1. The SMILES string of the molecule is Cc1ccc(NC(=O)CSc2n[nH]c(COc3c(C)cccc3C)n2)cc1C. The highest BCUT2D eigenvalue weighted by atomic mass is 32.2. The van der Waals surface area contributed by atoms with Crippen LogP contribution in [0.3, 0.4) is 0 Å². The molecule has 0 saturated heterocycles. The molecule has 0 unspecified atom stereocenters. The number of para-hydroxylation sites is 1. The van der Waals surface area contributed by atoms with Gasteiger partial charge in [0.1, 0.15) is 12.4 Å². The number of amides is 1. The lowest BCUT2D eigenvalue weighted by atomic mass is 10.1. The number of hydrogen-bond donors (Lipinski definition) is 2. The number of carbonyl (C=O) groups is 1. The number of nitrogens with one attached hydrogen (secondary N) is 2. The van der Waals surface area contributed by atoms with Gasteiger partial charge in [-0.15, -0.1) is 5.10 Å². The van der Waals surface area contributed by atoms with E-state index in [4.69, 9.17) is 4.74 Å². The molecule has 1 heterocycles. The van der Waals surface area contributed by atoms with E-state index < -0.39 is 0 Å². The average Bonchev–Trinajstić information content (AvgIpc) is 3.11. The first kappa shape index (κ1) is 19.9. The van der Waals surface area contributed by atoms with Crippen molar-refractivity contribution in [2.24, 2.45) is 0 Å². The van der Waals surface area contributed by atoms with Crippen LogP contribution < -0.4 is 10.1 Å². The third kappa shape index (κ3) is 5.13. The van der Waals surface area contributed by atoms with Crippen molar-refractivity contribution in [1.29, 1.82) is 0 Å². The van der Waals surface area contributed by atoms with Crippen LogP contribution in [0.2, 0.25) is 0 Å². The Morgan fingerprint density at radius 2 is 1.82 bits per heavy atom. The monoisotopic (exact) mass is 396 g/mol. The van der Waals surface area contributed by atoms with Gasteiger partial charge in [-0.25, -0.2) is 4.98 Å². The number of benzene rings is 2. The van der Waals surface area contributed by atoms with Gasteiger partial charge >= 0.3 is 0 Å². The molecule has 0 fully saturated rings. The first-order chi connectivity index (χ1) is 13.4. The fraction of sp³-hybridized carbons (Fsp3) is 0.286. The van der Waals surface area contributed by atoms with Crippen molar-refractivity contribution in [3.05, 3.63) is 64.5 Å². The fourth-order valence-corrected chi connectivity index (χ4v) is 3.34. The maximum Gasteiger partial charge on any atom is 0.234 e. The predicted octanol–water partition coefficient (Wildman–Crippen LogP) is 4.35. The highest BCUT2D eigenvalue weighted by Gasteiger charge is 2.10. The molecule has 7 heteroatoms. The summed E-state index contributed by atoms with van der Waals surface area (Å²) < 4.78 is 5.87. The molecule has 0 radical (unpaired) electrons. The maximum atomic E-state index is 12.2. The maximum absolute atomic E-state index is 12.2. The van der Waals surface area contributed by atoms with E-state index in [1.807, 2.05) is 64.1 Å². The van der Waals surface area contributed by atoms with Gasteiger partial charge in [0, 0.05) is 5.69 Å². The summed E-state index contributed by atoms with van der Waals surface area (Å²) in [5.41, 5.74) is 5.30. The quantitative estimate of drug-likeness (QED) is 0.581. The van der Waals surface area contributed by atoms with E-state index in [0.717, 1.165) is 28.1 Å². The number of aryl methyl sites for hydroxylation is 4. The standard InChI is InChI=1S/C21H24N4O2S/c1-13-8-9-17(10-16(13)4)22-19(26)12-28-21-23-18(24-25-21)11-27-20-14(2)6-5-7-15(20)3/h5-10H,11-12H2,1-4H3,(H,22,26)(H,23,24,25). The summed E-state index contributed by atoms with van der Waals surface area (Å²) >= 11 is 1.28. The first-order valence-electron chi connectivity index (χ1n) is 9.02. The highest BCUT2D eigenvalue weighted by molar-refractivity contribution is 7.99. The highest BCUT2D eigenvalue weighted by Crippen LogP contribution is 2.23. The van der Waals surface area contributed by atoms with Crippen LogP contribution >= 0.6 is 11.8 Å². The molecule has 6 nitrogen and oxygen atoms in total. The topological polar surface area (TPSA) is 79.9 Å². The van der Waals surface area contributed by atoms with Gasteiger partial charge in [0.15, 0.2) is 5.82 Å². The summed E-state index contributed by atoms with van der Waals surface area (Å²) in [6, 6.07) is 11.9. The molecule has 0 spiro atoms. The zero-order chi connectivity index (χ0) is 20.1. The molecular formula is C21H24N4O2S. The van der Waals surface area contributed by atoms with Crippen LogP contribution in [-0.2, 0) is 11.4 Å². The summed E-state index contributed by atoms with van der Waals surface area (Å²) in [7, 11) is 0. The van der Waals surface area contributed by atoms with Crippen LogP contribution in [0.25, 0.3) is 0 Å². The molecular weight excluding hydrogens is 372 g/mol. The minimum Gasteiger partial charge on any atom is -0.485 e. The van der Waals surface area contributed by atoms with Gasteiger partial charge in [-0.2, -0.15) is 0 Å². The largest absolute Gasteiger partial charge is 0.485 e. The Morgan fingerprint density at radius 1 is 1.07 bits per heavy atom. The van der Waals surface area contributed by atoms with Gasteiger partial charge in [-0.1, -0.05) is 36.0 Å². The Labute approximate surface area is 169 Å². The number of rotatable bonds is 7. The number of ether oxygens (including phenoxy) is 1. The molecule has 0 aliphatic carbocycles. The smallest absolute Gasteiger partial charge is 0.234 e.